The Labute approximate surface area is 264 Å². The standard InChI is InChI=1S/C31H59N6O6P/c1-3-4-5-6-7-8-9-10-11-12-13-14-15-16-17-18-19-20-41-21-22-43-44(38,39)26-42-27(24-40-2)23-37-25-34-28-29(32)35-31(33)36-30(28)37/h25,27H,3-24,26H2,1-2H3,(H,38,39)(H4,32,33,35,36)/t27-/m1/s1. The zero-order valence-electron chi connectivity index (χ0n) is 27.3. The minimum atomic E-state index is -3.97. The van der Waals surface area contributed by atoms with Gasteiger partial charge in [-0.3, -0.25) is 4.57 Å². The molecule has 0 amide bonds. The van der Waals surface area contributed by atoms with Crippen molar-refractivity contribution in [1.29, 1.82) is 0 Å². The number of anilines is 2. The second-order valence-corrected chi connectivity index (χ2v) is 13.4. The second kappa shape index (κ2) is 23.5. The van der Waals surface area contributed by atoms with E-state index in [9.17, 15) is 9.46 Å². The topological polar surface area (TPSA) is 170 Å². The first kappa shape index (κ1) is 38.4. The van der Waals surface area contributed by atoms with Crippen molar-refractivity contribution in [2.45, 2.75) is 129 Å². The lowest BCUT2D eigenvalue weighted by Gasteiger charge is -2.20. The van der Waals surface area contributed by atoms with Crippen molar-refractivity contribution in [2.24, 2.45) is 0 Å². The highest BCUT2D eigenvalue weighted by Gasteiger charge is 2.23. The highest BCUT2D eigenvalue weighted by Crippen LogP contribution is 2.42. The molecule has 2 heterocycles. The van der Waals surface area contributed by atoms with Gasteiger partial charge < -0.3 is 39.7 Å². The molecule has 0 aliphatic carbocycles. The van der Waals surface area contributed by atoms with E-state index in [4.69, 9.17) is 30.2 Å². The molecule has 0 aliphatic heterocycles. The first-order chi connectivity index (χ1) is 21.4. The average molecular weight is 643 g/mol. The second-order valence-electron chi connectivity index (χ2n) is 11.6. The van der Waals surface area contributed by atoms with Crippen LogP contribution in [0.2, 0.25) is 0 Å². The van der Waals surface area contributed by atoms with E-state index in [1.54, 1.807) is 4.57 Å². The van der Waals surface area contributed by atoms with Gasteiger partial charge in [-0.15, -0.1) is 0 Å². The summed E-state index contributed by atoms with van der Waals surface area (Å²) in [4.78, 5) is 22.5. The van der Waals surface area contributed by atoms with Crippen LogP contribution in [0.25, 0.3) is 11.2 Å². The number of rotatable bonds is 29. The molecule has 0 spiro atoms. The molecule has 5 N–H and O–H groups in total. The van der Waals surface area contributed by atoms with Gasteiger partial charge in [-0.25, -0.2) is 4.98 Å². The molecule has 0 saturated carbocycles. The van der Waals surface area contributed by atoms with Gasteiger partial charge in [0.1, 0.15) is 11.9 Å². The Hall–Kier alpha value is -1.82. The first-order valence-corrected chi connectivity index (χ1v) is 18.5. The molecule has 13 heteroatoms. The normalized spacial score (nSPS) is 13.9. The zero-order valence-corrected chi connectivity index (χ0v) is 28.2. The van der Waals surface area contributed by atoms with Gasteiger partial charge >= 0.3 is 7.60 Å². The summed E-state index contributed by atoms with van der Waals surface area (Å²) in [5.41, 5.74) is 12.4. The Morgan fingerprint density at radius 3 is 1.98 bits per heavy atom. The smallest absolute Gasteiger partial charge is 0.353 e. The molecule has 12 nitrogen and oxygen atoms in total. The van der Waals surface area contributed by atoms with Crippen LogP contribution in [0.15, 0.2) is 6.33 Å². The molecule has 0 aliphatic rings. The summed E-state index contributed by atoms with van der Waals surface area (Å²) in [6, 6.07) is 0. The Bertz CT molecular complexity index is 1060. The molecule has 0 radical (unpaired) electrons. The number of nitrogens with zero attached hydrogens (tertiary/aromatic N) is 4. The molecule has 2 rings (SSSR count). The molecule has 0 fully saturated rings. The molecule has 2 atom stereocenters. The van der Waals surface area contributed by atoms with E-state index in [0.717, 1.165) is 12.8 Å². The van der Waals surface area contributed by atoms with Crippen molar-refractivity contribution in [3.63, 3.8) is 0 Å². The lowest BCUT2D eigenvalue weighted by atomic mass is 10.0. The summed E-state index contributed by atoms with van der Waals surface area (Å²) < 4.78 is 35.8. The van der Waals surface area contributed by atoms with Crippen LogP contribution < -0.4 is 11.5 Å². The van der Waals surface area contributed by atoms with E-state index in [-0.39, 0.29) is 38.1 Å². The van der Waals surface area contributed by atoms with E-state index >= 15 is 0 Å². The Kier molecular flexibility index (Phi) is 20.5. The summed E-state index contributed by atoms with van der Waals surface area (Å²) in [5.74, 6) is 0.206. The van der Waals surface area contributed by atoms with Gasteiger partial charge in [0.05, 0.1) is 38.8 Å². The minimum absolute atomic E-state index is 0.0205. The molecule has 0 saturated heterocycles. The van der Waals surface area contributed by atoms with Crippen LogP contribution in [0.4, 0.5) is 11.8 Å². The fourth-order valence-corrected chi connectivity index (χ4v) is 6.02. The van der Waals surface area contributed by atoms with Gasteiger partial charge in [0.15, 0.2) is 11.5 Å². The third kappa shape index (κ3) is 17.0. The minimum Gasteiger partial charge on any atom is -0.382 e. The largest absolute Gasteiger partial charge is 0.382 e. The molecule has 44 heavy (non-hydrogen) atoms. The number of ether oxygens (including phenoxy) is 3. The number of methoxy groups -OCH3 is 1. The van der Waals surface area contributed by atoms with Gasteiger partial charge in [0.25, 0.3) is 0 Å². The van der Waals surface area contributed by atoms with E-state index in [1.807, 2.05) is 0 Å². The van der Waals surface area contributed by atoms with E-state index < -0.39 is 20.0 Å². The van der Waals surface area contributed by atoms with Gasteiger partial charge in [0, 0.05) is 13.7 Å². The number of hydrogen-bond acceptors (Lipinski definition) is 10. The monoisotopic (exact) mass is 642 g/mol. The van der Waals surface area contributed by atoms with Crippen molar-refractivity contribution in [3.8, 4) is 0 Å². The molecule has 0 aromatic carbocycles. The molecule has 254 valence electrons. The third-order valence-corrected chi connectivity index (χ3v) is 8.71. The summed E-state index contributed by atoms with van der Waals surface area (Å²) >= 11 is 0. The molecule has 1 unspecified atom stereocenters. The maximum absolute atomic E-state index is 12.5. The van der Waals surface area contributed by atoms with E-state index in [2.05, 4.69) is 21.9 Å². The molecular formula is C31H59N6O6P. The number of unbranched alkanes of at least 4 members (excludes halogenated alkanes) is 16. The first-order valence-electron chi connectivity index (χ1n) is 16.7. The summed E-state index contributed by atoms with van der Waals surface area (Å²) in [6.45, 7) is 3.61. The fourth-order valence-electron chi connectivity index (χ4n) is 5.18. The highest BCUT2D eigenvalue weighted by molar-refractivity contribution is 7.52. The number of nitrogens with two attached hydrogens (primary N) is 2. The van der Waals surface area contributed by atoms with Crippen molar-refractivity contribution >= 4 is 30.5 Å². The van der Waals surface area contributed by atoms with Crippen molar-refractivity contribution in [3.05, 3.63) is 6.33 Å². The SMILES string of the molecule is CCCCCCCCCCCCCCCCCCCOCCOP(=O)(O)CO[C@@H](COC)Cn1cnc2c(N)nc(N)nc21. The van der Waals surface area contributed by atoms with Crippen molar-refractivity contribution < 1.29 is 28.2 Å². The number of aromatic nitrogens is 4. The summed E-state index contributed by atoms with van der Waals surface area (Å²) in [7, 11) is -2.45. The highest BCUT2D eigenvalue weighted by atomic mass is 31.2. The summed E-state index contributed by atoms with van der Waals surface area (Å²) in [5, 5.41) is 0. The molecule has 0 bridgehead atoms. The van der Waals surface area contributed by atoms with Crippen LogP contribution in [0, 0.1) is 0 Å². The quantitative estimate of drug-likeness (QED) is 0.0626. The van der Waals surface area contributed by atoms with Crippen molar-refractivity contribution in [1.82, 2.24) is 19.5 Å². The van der Waals surface area contributed by atoms with Crippen LogP contribution in [0.5, 0.6) is 0 Å². The number of hydrogen-bond donors (Lipinski definition) is 3. The van der Waals surface area contributed by atoms with Crippen LogP contribution >= 0.6 is 7.60 Å². The Balaban J connectivity index is 1.44. The van der Waals surface area contributed by atoms with Gasteiger partial charge in [-0.2, -0.15) is 9.97 Å². The lowest BCUT2D eigenvalue weighted by molar-refractivity contribution is 0.00122. The maximum Gasteiger partial charge on any atom is 0.353 e. The van der Waals surface area contributed by atoms with Gasteiger partial charge in [0.2, 0.25) is 5.95 Å². The lowest BCUT2D eigenvalue weighted by Crippen LogP contribution is -2.26. The van der Waals surface area contributed by atoms with Crippen LogP contribution in [-0.4, -0.2) is 70.4 Å². The predicted molar refractivity (Wildman–Crippen MR) is 177 cm³/mol. The van der Waals surface area contributed by atoms with Crippen molar-refractivity contribution in [2.75, 3.05) is 51.4 Å². The zero-order chi connectivity index (χ0) is 31.9. The maximum atomic E-state index is 12.5. The van der Waals surface area contributed by atoms with Gasteiger partial charge in [-0.1, -0.05) is 110 Å². The number of fused-ring (bicyclic) bond motifs is 1. The molecule has 2 aromatic rings. The Morgan fingerprint density at radius 1 is 0.841 bits per heavy atom. The molecule has 2 aromatic heterocycles. The van der Waals surface area contributed by atoms with E-state index in [0.29, 0.717) is 17.8 Å². The number of nitrogen functional groups attached to an aromatic ring is 2. The third-order valence-electron chi connectivity index (χ3n) is 7.65. The van der Waals surface area contributed by atoms with Gasteiger partial charge in [-0.05, 0) is 6.42 Å². The molecular weight excluding hydrogens is 583 g/mol. The Morgan fingerprint density at radius 2 is 1.41 bits per heavy atom. The van der Waals surface area contributed by atoms with E-state index in [1.165, 1.54) is 110 Å². The fraction of sp³-hybridized carbons (Fsp3) is 0.839. The van der Waals surface area contributed by atoms with Crippen LogP contribution in [-0.2, 0) is 29.8 Å². The number of imidazole rings is 1. The predicted octanol–water partition coefficient (Wildman–Crippen LogP) is 6.85. The van der Waals surface area contributed by atoms with Crippen LogP contribution in [0.1, 0.15) is 116 Å². The summed E-state index contributed by atoms with van der Waals surface area (Å²) in [6.07, 6.45) is 23.2. The average Bonchev–Trinajstić information content (AvgIpc) is 3.39. The van der Waals surface area contributed by atoms with Crippen LogP contribution in [0.3, 0.4) is 0 Å².